The number of nitrogen functional groups attached to an aromatic ring is 1. The number of aromatic nitrogens is 4. The van der Waals surface area contributed by atoms with Gasteiger partial charge in [-0.15, -0.1) is 11.8 Å². The standard InChI is InChI=1S/C13H13N5S/c1-18-7-15-10-11(14)16-12(17-13(10)18)8-3-5-9(19-2)6-4-8/h3-7H,1-2H3,(H2,14,16,17). The van der Waals surface area contributed by atoms with Crippen LogP contribution in [-0.2, 0) is 7.05 Å². The number of aryl methyl sites for hydroxylation is 1. The Hall–Kier alpha value is -2.08. The Balaban J connectivity index is 2.15. The molecule has 3 aromatic rings. The molecule has 0 bridgehead atoms. The summed E-state index contributed by atoms with van der Waals surface area (Å²) >= 11 is 1.70. The van der Waals surface area contributed by atoms with Gasteiger partial charge in [-0.1, -0.05) is 12.1 Å². The summed E-state index contributed by atoms with van der Waals surface area (Å²) < 4.78 is 1.84. The fraction of sp³-hybridized carbons (Fsp3) is 0.154. The van der Waals surface area contributed by atoms with Gasteiger partial charge in [-0.2, -0.15) is 0 Å². The largest absolute Gasteiger partial charge is 0.382 e. The number of hydrogen-bond donors (Lipinski definition) is 1. The van der Waals surface area contributed by atoms with Gasteiger partial charge in [0.05, 0.1) is 6.33 Å². The van der Waals surface area contributed by atoms with Gasteiger partial charge < -0.3 is 10.3 Å². The first-order valence-electron chi connectivity index (χ1n) is 5.78. The number of imidazole rings is 1. The molecule has 0 fully saturated rings. The first-order valence-corrected chi connectivity index (χ1v) is 7.00. The molecule has 0 saturated heterocycles. The van der Waals surface area contributed by atoms with Crippen molar-refractivity contribution < 1.29 is 0 Å². The van der Waals surface area contributed by atoms with Crippen molar-refractivity contribution in [2.24, 2.45) is 7.05 Å². The Kier molecular flexibility index (Phi) is 2.87. The third-order valence-corrected chi connectivity index (χ3v) is 3.68. The molecule has 0 unspecified atom stereocenters. The van der Waals surface area contributed by atoms with Crippen molar-refractivity contribution >= 4 is 28.7 Å². The molecule has 0 aliphatic heterocycles. The van der Waals surface area contributed by atoms with Crippen LogP contribution in [0, 0.1) is 0 Å². The fourth-order valence-electron chi connectivity index (χ4n) is 1.90. The van der Waals surface area contributed by atoms with Crippen LogP contribution in [0.4, 0.5) is 5.82 Å². The van der Waals surface area contributed by atoms with Crippen LogP contribution in [0.3, 0.4) is 0 Å². The molecule has 2 heterocycles. The average Bonchev–Trinajstić information content (AvgIpc) is 2.81. The van der Waals surface area contributed by atoms with Crippen molar-refractivity contribution in [1.29, 1.82) is 0 Å². The number of nitrogens with zero attached hydrogens (tertiary/aromatic N) is 4. The molecule has 19 heavy (non-hydrogen) atoms. The van der Waals surface area contributed by atoms with E-state index in [9.17, 15) is 0 Å². The highest BCUT2D eigenvalue weighted by Crippen LogP contribution is 2.23. The summed E-state index contributed by atoms with van der Waals surface area (Å²) in [7, 11) is 1.89. The molecular formula is C13H13N5S. The number of thioether (sulfide) groups is 1. The van der Waals surface area contributed by atoms with Crippen LogP contribution in [0.15, 0.2) is 35.5 Å². The molecule has 0 radical (unpaired) electrons. The van der Waals surface area contributed by atoms with Crippen LogP contribution in [0.25, 0.3) is 22.6 Å². The maximum atomic E-state index is 5.93. The molecular weight excluding hydrogens is 258 g/mol. The molecule has 1 aromatic carbocycles. The topological polar surface area (TPSA) is 69.6 Å². The smallest absolute Gasteiger partial charge is 0.165 e. The van der Waals surface area contributed by atoms with E-state index >= 15 is 0 Å². The second kappa shape index (κ2) is 4.55. The van der Waals surface area contributed by atoms with E-state index < -0.39 is 0 Å². The molecule has 0 spiro atoms. The van der Waals surface area contributed by atoms with Gasteiger partial charge in [-0.25, -0.2) is 15.0 Å². The fourth-order valence-corrected chi connectivity index (χ4v) is 2.31. The van der Waals surface area contributed by atoms with E-state index in [2.05, 4.69) is 15.0 Å². The Morgan fingerprint density at radius 1 is 1.16 bits per heavy atom. The second-order valence-corrected chi connectivity index (χ2v) is 5.07. The van der Waals surface area contributed by atoms with Crippen molar-refractivity contribution in [3.05, 3.63) is 30.6 Å². The number of fused-ring (bicyclic) bond motifs is 1. The quantitative estimate of drug-likeness (QED) is 0.724. The molecule has 0 saturated carbocycles. The van der Waals surface area contributed by atoms with Crippen molar-refractivity contribution in [2.75, 3.05) is 12.0 Å². The number of nitrogens with two attached hydrogens (primary N) is 1. The Bertz CT molecular complexity index is 733. The molecule has 96 valence electrons. The molecule has 0 aliphatic rings. The zero-order valence-corrected chi connectivity index (χ0v) is 11.5. The molecule has 0 atom stereocenters. The van der Waals surface area contributed by atoms with Crippen LogP contribution < -0.4 is 5.73 Å². The highest BCUT2D eigenvalue weighted by atomic mass is 32.2. The Labute approximate surface area is 114 Å². The van der Waals surface area contributed by atoms with Crippen LogP contribution in [0.1, 0.15) is 0 Å². The minimum atomic E-state index is 0.412. The van der Waals surface area contributed by atoms with Crippen molar-refractivity contribution in [1.82, 2.24) is 19.5 Å². The predicted molar refractivity (Wildman–Crippen MR) is 77.9 cm³/mol. The van der Waals surface area contributed by atoms with Crippen molar-refractivity contribution in [2.45, 2.75) is 4.90 Å². The molecule has 3 rings (SSSR count). The summed E-state index contributed by atoms with van der Waals surface area (Å²) in [6.45, 7) is 0. The number of rotatable bonds is 2. The van der Waals surface area contributed by atoms with Crippen molar-refractivity contribution in [3.63, 3.8) is 0 Å². The lowest BCUT2D eigenvalue weighted by molar-refractivity contribution is 0.929. The van der Waals surface area contributed by atoms with E-state index in [1.54, 1.807) is 18.1 Å². The number of anilines is 1. The minimum Gasteiger partial charge on any atom is -0.382 e. The van der Waals surface area contributed by atoms with Gasteiger partial charge in [0.1, 0.15) is 5.52 Å². The SMILES string of the molecule is CSc1ccc(-c2nc(N)c3ncn(C)c3n2)cc1. The zero-order valence-electron chi connectivity index (χ0n) is 10.7. The van der Waals surface area contributed by atoms with Gasteiger partial charge in [0.15, 0.2) is 17.3 Å². The van der Waals surface area contributed by atoms with E-state index in [-0.39, 0.29) is 0 Å². The summed E-state index contributed by atoms with van der Waals surface area (Å²) in [5.74, 6) is 1.04. The van der Waals surface area contributed by atoms with Gasteiger partial charge in [0.25, 0.3) is 0 Å². The van der Waals surface area contributed by atoms with Crippen LogP contribution in [0.2, 0.25) is 0 Å². The first kappa shape index (κ1) is 12.0. The number of hydrogen-bond acceptors (Lipinski definition) is 5. The summed E-state index contributed by atoms with van der Waals surface area (Å²) in [6.07, 6.45) is 3.74. The average molecular weight is 271 g/mol. The van der Waals surface area contributed by atoms with Crippen molar-refractivity contribution in [3.8, 4) is 11.4 Å². The van der Waals surface area contributed by atoms with E-state index in [4.69, 9.17) is 5.73 Å². The monoisotopic (exact) mass is 271 g/mol. The van der Waals surface area contributed by atoms with Crippen LogP contribution in [0.5, 0.6) is 0 Å². The van der Waals surface area contributed by atoms with Gasteiger partial charge in [0, 0.05) is 17.5 Å². The summed E-state index contributed by atoms with van der Waals surface area (Å²) in [5.41, 5.74) is 8.28. The molecule has 6 heteroatoms. The highest BCUT2D eigenvalue weighted by molar-refractivity contribution is 7.98. The third kappa shape index (κ3) is 2.04. The van der Waals surface area contributed by atoms with Crippen LogP contribution in [-0.4, -0.2) is 25.8 Å². The van der Waals surface area contributed by atoms with Gasteiger partial charge in [-0.3, -0.25) is 0 Å². The number of benzene rings is 1. The lowest BCUT2D eigenvalue weighted by Gasteiger charge is -2.04. The highest BCUT2D eigenvalue weighted by Gasteiger charge is 2.10. The minimum absolute atomic E-state index is 0.412. The summed E-state index contributed by atoms with van der Waals surface area (Å²) in [5, 5.41) is 0. The Morgan fingerprint density at radius 3 is 2.58 bits per heavy atom. The lowest BCUT2D eigenvalue weighted by Crippen LogP contribution is -1.99. The lowest BCUT2D eigenvalue weighted by atomic mass is 10.2. The molecule has 0 aliphatic carbocycles. The Morgan fingerprint density at radius 2 is 1.89 bits per heavy atom. The van der Waals surface area contributed by atoms with E-state index in [1.807, 2.05) is 42.1 Å². The molecule has 0 amide bonds. The molecule has 2 N–H and O–H groups in total. The normalized spacial score (nSPS) is 11.1. The van der Waals surface area contributed by atoms with Gasteiger partial charge >= 0.3 is 0 Å². The third-order valence-electron chi connectivity index (χ3n) is 2.93. The van der Waals surface area contributed by atoms with E-state index in [1.165, 1.54) is 4.90 Å². The van der Waals surface area contributed by atoms with Crippen LogP contribution >= 0.6 is 11.8 Å². The second-order valence-electron chi connectivity index (χ2n) is 4.19. The first-order chi connectivity index (χ1) is 9.19. The van der Waals surface area contributed by atoms with E-state index in [0.717, 1.165) is 11.2 Å². The maximum Gasteiger partial charge on any atom is 0.165 e. The molecule has 5 nitrogen and oxygen atoms in total. The van der Waals surface area contributed by atoms with E-state index in [0.29, 0.717) is 17.2 Å². The zero-order chi connectivity index (χ0) is 13.4. The molecule has 2 aromatic heterocycles. The summed E-state index contributed by atoms with van der Waals surface area (Å²) in [4.78, 5) is 14.2. The van der Waals surface area contributed by atoms with Gasteiger partial charge in [0.2, 0.25) is 0 Å². The van der Waals surface area contributed by atoms with Gasteiger partial charge in [-0.05, 0) is 18.4 Å². The maximum absolute atomic E-state index is 5.93. The summed E-state index contributed by atoms with van der Waals surface area (Å²) in [6, 6.07) is 8.10. The predicted octanol–water partition coefficient (Wildman–Crippen LogP) is 2.33.